The molecule has 0 amide bonds. The molecule has 0 aromatic heterocycles. The number of nitro groups is 2. The molecule has 31 heavy (non-hydrogen) atoms. The Bertz CT molecular complexity index is 1190. The molecule has 0 aliphatic heterocycles. The summed E-state index contributed by atoms with van der Waals surface area (Å²) >= 11 is 0. The molecule has 0 spiro atoms. The third-order valence-electron chi connectivity index (χ3n) is 4.09. The predicted octanol–water partition coefficient (Wildman–Crippen LogP) is 4.72. The highest BCUT2D eigenvalue weighted by Crippen LogP contribution is 2.34. The Morgan fingerprint density at radius 1 is 1.00 bits per heavy atom. The first kappa shape index (κ1) is 20.9. The Balaban J connectivity index is 1.64. The van der Waals surface area contributed by atoms with Crippen molar-refractivity contribution in [3.8, 4) is 17.6 Å². The summed E-state index contributed by atoms with van der Waals surface area (Å²) in [6, 6.07) is 18.7. The molecule has 0 aliphatic carbocycles. The number of nitriles is 1. The maximum Gasteiger partial charge on any atom is 0.318 e. The second-order valence-corrected chi connectivity index (χ2v) is 6.11. The van der Waals surface area contributed by atoms with E-state index in [1.54, 1.807) is 48.5 Å². The van der Waals surface area contributed by atoms with Gasteiger partial charge < -0.3 is 9.57 Å². The molecule has 10 heteroatoms. The maximum absolute atomic E-state index is 11.2. The average molecular weight is 418 g/mol. The summed E-state index contributed by atoms with van der Waals surface area (Å²) in [6.45, 7) is 0.144. The highest BCUT2D eigenvalue weighted by Gasteiger charge is 2.21. The van der Waals surface area contributed by atoms with E-state index in [2.05, 4.69) is 11.2 Å². The fourth-order valence-corrected chi connectivity index (χ4v) is 2.56. The molecule has 10 nitrogen and oxygen atoms in total. The summed E-state index contributed by atoms with van der Waals surface area (Å²) in [5, 5.41) is 34.9. The third-order valence-corrected chi connectivity index (χ3v) is 4.09. The van der Waals surface area contributed by atoms with Crippen LogP contribution in [0, 0.1) is 31.6 Å². The Kier molecular flexibility index (Phi) is 6.50. The van der Waals surface area contributed by atoms with Crippen molar-refractivity contribution >= 4 is 17.6 Å². The molecular weight excluding hydrogens is 404 g/mol. The van der Waals surface area contributed by atoms with Gasteiger partial charge in [0.05, 0.1) is 33.8 Å². The summed E-state index contributed by atoms with van der Waals surface area (Å²) in [6.07, 6.45) is 1.47. The van der Waals surface area contributed by atoms with Crippen LogP contribution in [0.5, 0.6) is 11.5 Å². The zero-order valence-corrected chi connectivity index (χ0v) is 15.9. The average Bonchev–Trinajstić information content (AvgIpc) is 2.78. The van der Waals surface area contributed by atoms with E-state index in [0.717, 1.165) is 17.7 Å². The molecule has 0 aliphatic rings. The van der Waals surface area contributed by atoms with Gasteiger partial charge in [-0.2, -0.15) is 5.26 Å². The van der Waals surface area contributed by atoms with E-state index in [4.69, 9.17) is 14.8 Å². The van der Waals surface area contributed by atoms with Gasteiger partial charge in [0.1, 0.15) is 12.4 Å². The molecule has 3 aromatic carbocycles. The van der Waals surface area contributed by atoms with E-state index in [1.807, 2.05) is 0 Å². The fourth-order valence-electron chi connectivity index (χ4n) is 2.56. The molecule has 3 aromatic rings. The zero-order valence-electron chi connectivity index (χ0n) is 15.9. The number of oxime groups is 1. The zero-order chi connectivity index (χ0) is 22.2. The van der Waals surface area contributed by atoms with Crippen molar-refractivity contribution < 1.29 is 19.4 Å². The highest BCUT2D eigenvalue weighted by molar-refractivity contribution is 5.79. The van der Waals surface area contributed by atoms with Crippen molar-refractivity contribution in [3.05, 3.63) is 104 Å². The van der Waals surface area contributed by atoms with Crippen molar-refractivity contribution in [3.63, 3.8) is 0 Å². The lowest BCUT2D eigenvalue weighted by Gasteiger charge is -2.06. The van der Waals surface area contributed by atoms with Crippen LogP contribution in [-0.2, 0) is 11.4 Å². The minimum atomic E-state index is -0.745. The molecule has 0 saturated heterocycles. The number of nitro benzene ring substituents is 2. The molecule has 0 saturated carbocycles. The van der Waals surface area contributed by atoms with E-state index in [1.165, 1.54) is 12.3 Å². The molecule has 0 unspecified atom stereocenters. The summed E-state index contributed by atoms with van der Waals surface area (Å²) in [7, 11) is 0. The predicted molar refractivity (Wildman–Crippen MR) is 110 cm³/mol. The third kappa shape index (κ3) is 5.39. The molecule has 0 bridgehead atoms. The van der Waals surface area contributed by atoms with Crippen molar-refractivity contribution in [1.82, 2.24) is 0 Å². The number of hydrogen-bond donors (Lipinski definition) is 0. The minimum absolute atomic E-state index is 0.114. The molecular formula is C21H14N4O6. The van der Waals surface area contributed by atoms with Crippen molar-refractivity contribution in [2.24, 2.45) is 5.16 Å². The number of non-ortho nitro benzene ring substituents is 1. The van der Waals surface area contributed by atoms with Crippen LogP contribution in [0.25, 0.3) is 0 Å². The van der Waals surface area contributed by atoms with Crippen LogP contribution in [-0.4, -0.2) is 16.1 Å². The second-order valence-electron chi connectivity index (χ2n) is 6.11. The lowest BCUT2D eigenvalue weighted by Crippen LogP contribution is -1.96. The van der Waals surface area contributed by atoms with Crippen LogP contribution in [0.4, 0.5) is 11.4 Å². The van der Waals surface area contributed by atoms with Gasteiger partial charge in [-0.3, -0.25) is 20.2 Å². The molecule has 3 rings (SSSR count). The SMILES string of the molecule is N#Cc1ccccc1CO/N=C\c1ccc(Oc2ccc([N+](=O)[O-])cc2[N+](=O)[O-])cc1. The van der Waals surface area contributed by atoms with E-state index in [-0.39, 0.29) is 12.4 Å². The van der Waals surface area contributed by atoms with E-state index >= 15 is 0 Å². The van der Waals surface area contributed by atoms with Crippen LogP contribution in [0.2, 0.25) is 0 Å². The van der Waals surface area contributed by atoms with Crippen LogP contribution < -0.4 is 4.74 Å². The molecule has 0 N–H and O–H groups in total. The van der Waals surface area contributed by atoms with Gasteiger partial charge in [-0.1, -0.05) is 23.4 Å². The van der Waals surface area contributed by atoms with E-state index < -0.39 is 21.2 Å². The van der Waals surface area contributed by atoms with E-state index in [0.29, 0.717) is 16.9 Å². The van der Waals surface area contributed by atoms with Crippen molar-refractivity contribution in [1.29, 1.82) is 5.26 Å². The number of hydrogen-bond acceptors (Lipinski definition) is 8. The van der Waals surface area contributed by atoms with Crippen LogP contribution in [0.1, 0.15) is 16.7 Å². The molecule has 0 radical (unpaired) electrons. The topological polar surface area (TPSA) is 141 Å². The normalized spacial score (nSPS) is 10.4. The standard InChI is InChI=1S/C21H14N4O6/c22-12-16-3-1-2-4-17(16)14-30-23-13-15-5-8-19(9-6-15)31-21-10-7-18(24(26)27)11-20(21)25(28)29/h1-11,13H,14H2/b23-13-. The Morgan fingerprint density at radius 3 is 2.42 bits per heavy atom. The van der Waals surface area contributed by atoms with Crippen LogP contribution >= 0.6 is 0 Å². The Morgan fingerprint density at radius 2 is 1.74 bits per heavy atom. The van der Waals surface area contributed by atoms with Gasteiger partial charge in [-0.25, -0.2) is 0 Å². The summed E-state index contributed by atoms with van der Waals surface area (Å²) < 4.78 is 5.50. The summed E-state index contributed by atoms with van der Waals surface area (Å²) in [5.41, 5.74) is 1.00. The summed E-state index contributed by atoms with van der Waals surface area (Å²) in [4.78, 5) is 25.8. The van der Waals surface area contributed by atoms with Gasteiger partial charge in [0.2, 0.25) is 5.75 Å². The lowest BCUT2D eigenvalue weighted by atomic mass is 10.1. The second kappa shape index (κ2) is 9.62. The fraction of sp³-hybridized carbons (Fsp3) is 0.0476. The van der Waals surface area contributed by atoms with Crippen LogP contribution in [0.15, 0.2) is 71.9 Å². The maximum atomic E-state index is 11.2. The summed E-state index contributed by atoms with van der Waals surface area (Å²) in [5.74, 6) is 0.189. The number of ether oxygens (including phenoxy) is 1. The van der Waals surface area contributed by atoms with Crippen LogP contribution in [0.3, 0.4) is 0 Å². The monoisotopic (exact) mass is 418 g/mol. The number of nitrogens with zero attached hydrogens (tertiary/aromatic N) is 4. The highest BCUT2D eigenvalue weighted by atomic mass is 16.6. The first-order valence-corrected chi connectivity index (χ1v) is 8.82. The Hall–Kier alpha value is -4.78. The van der Waals surface area contributed by atoms with E-state index in [9.17, 15) is 20.2 Å². The number of benzene rings is 3. The quantitative estimate of drug-likeness (QED) is 0.293. The van der Waals surface area contributed by atoms with Gasteiger partial charge in [0.25, 0.3) is 5.69 Å². The minimum Gasteiger partial charge on any atom is -0.450 e. The molecule has 0 atom stereocenters. The van der Waals surface area contributed by atoms with Gasteiger partial charge in [0, 0.05) is 11.6 Å². The van der Waals surface area contributed by atoms with Gasteiger partial charge in [0.15, 0.2) is 0 Å². The first-order valence-electron chi connectivity index (χ1n) is 8.82. The largest absolute Gasteiger partial charge is 0.450 e. The van der Waals surface area contributed by atoms with Gasteiger partial charge >= 0.3 is 5.69 Å². The molecule has 0 fully saturated rings. The molecule has 154 valence electrons. The molecule has 0 heterocycles. The van der Waals surface area contributed by atoms with Crippen molar-refractivity contribution in [2.45, 2.75) is 6.61 Å². The smallest absolute Gasteiger partial charge is 0.318 e. The van der Waals surface area contributed by atoms with Gasteiger partial charge in [-0.05, 0) is 42.0 Å². The lowest BCUT2D eigenvalue weighted by molar-refractivity contribution is -0.394. The van der Waals surface area contributed by atoms with Gasteiger partial charge in [-0.15, -0.1) is 0 Å². The first-order chi connectivity index (χ1) is 15.0. The number of rotatable bonds is 8. The van der Waals surface area contributed by atoms with Crippen molar-refractivity contribution in [2.75, 3.05) is 0 Å². The Labute approximate surface area is 175 Å².